The van der Waals surface area contributed by atoms with Gasteiger partial charge in [0.25, 0.3) is 15.9 Å². The van der Waals surface area contributed by atoms with Gasteiger partial charge in [-0.2, -0.15) is 0 Å². The highest BCUT2D eigenvalue weighted by Crippen LogP contribution is 2.28. The molecule has 0 radical (unpaired) electrons. The Labute approximate surface area is 223 Å². The lowest BCUT2D eigenvalue weighted by Crippen LogP contribution is -2.40. The van der Waals surface area contributed by atoms with Gasteiger partial charge >= 0.3 is 6.09 Å². The molecule has 0 aliphatic carbocycles. The highest BCUT2D eigenvalue weighted by Gasteiger charge is 2.32. The van der Waals surface area contributed by atoms with Crippen molar-refractivity contribution in [2.24, 2.45) is 0 Å². The van der Waals surface area contributed by atoms with Crippen molar-refractivity contribution in [1.29, 1.82) is 0 Å². The first-order valence-electron chi connectivity index (χ1n) is 11.2. The van der Waals surface area contributed by atoms with E-state index in [0.29, 0.717) is 10.9 Å². The van der Waals surface area contributed by atoms with Crippen molar-refractivity contribution in [3.63, 3.8) is 0 Å². The average Bonchev–Trinajstić information content (AvgIpc) is 3.23. The molecule has 0 bridgehead atoms. The van der Waals surface area contributed by atoms with Crippen LogP contribution in [0.2, 0.25) is 0 Å². The van der Waals surface area contributed by atoms with E-state index < -0.39 is 27.6 Å². The number of ether oxygens (including phenoxy) is 1. The topological polar surface area (TPSA) is 85.7 Å². The molecular weight excluding hydrogens is 591 g/mol. The molecule has 0 fully saturated rings. The predicted molar refractivity (Wildman–Crippen MR) is 146 cm³/mol. The lowest BCUT2D eigenvalue weighted by molar-refractivity contribution is 0.0227. The summed E-state index contributed by atoms with van der Waals surface area (Å²) >= 11 is 2.15. The van der Waals surface area contributed by atoms with Crippen LogP contribution in [0.1, 0.15) is 36.7 Å². The molecule has 0 spiro atoms. The quantitative estimate of drug-likeness (QED) is 0.255. The molecule has 7 nitrogen and oxygen atoms in total. The monoisotopic (exact) mass is 616 g/mol. The molecule has 0 saturated carbocycles. The third kappa shape index (κ3) is 5.31. The van der Waals surface area contributed by atoms with E-state index in [1.807, 2.05) is 24.3 Å². The zero-order valence-electron chi connectivity index (χ0n) is 20.0. The summed E-state index contributed by atoms with van der Waals surface area (Å²) in [6, 6.07) is 22.1. The summed E-state index contributed by atoms with van der Waals surface area (Å²) in [6.45, 7) is 5.13. The maximum atomic E-state index is 13.9. The third-order valence-electron chi connectivity index (χ3n) is 5.35. The number of nitrogens with zero attached hydrogens (tertiary/aromatic N) is 2. The van der Waals surface area contributed by atoms with Crippen LogP contribution in [0.25, 0.3) is 10.9 Å². The number of aromatic nitrogens is 1. The predicted octanol–water partition coefficient (Wildman–Crippen LogP) is 6.06. The zero-order chi connectivity index (χ0) is 26.1. The Hall–Kier alpha value is -3.18. The number of benzene rings is 3. The SMILES string of the molecule is CC(C)(C)OC(=O)N(Cc1ccccc1I)C(=O)c1cn(S(=O)(=O)c2ccccc2)c2ccccc12. The van der Waals surface area contributed by atoms with Gasteiger partial charge in [-0.15, -0.1) is 0 Å². The highest BCUT2D eigenvalue weighted by atomic mass is 127. The van der Waals surface area contributed by atoms with E-state index in [1.165, 1.54) is 18.3 Å². The normalized spacial score (nSPS) is 11.9. The van der Waals surface area contributed by atoms with E-state index in [-0.39, 0.29) is 17.0 Å². The molecule has 1 heterocycles. The minimum Gasteiger partial charge on any atom is -0.443 e. The molecule has 186 valence electrons. The second kappa shape index (κ2) is 10.1. The van der Waals surface area contributed by atoms with Gasteiger partial charge in [-0.1, -0.05) is 54.6 Å². The summed E-state index contributed by atoms with van der Waals surface area (Å²) in [5.41, 5.74) is 0.354. The second-order valence-corrected chi connectivity index (χ2v) is 12.1. The first kappa shape index (κ1) is 25.9. The van der Waals surface area contributed by atoms with Crippen LogP contribution < -0.4 is 0 Å². The first-order valence-corrected chi connectivity index (χ1v) is 13.7. The number of hydrogen-bond acceptors (Lipinski definition) is 5. The molecule has 0 aliphatic rings. The Balaban J connectivity index is 1.84. The zero-order valence-corrected chi connectivity index (χ0v) is 23.0. The van der Waals surface area contributed by atoms with Crippen molar-refractivity contribution >= 4 is 55.5 Å². The lowest BCUT2D eigenvalue weighted by Gasteiger charge is -2.26. The summed E-state index contributed by atoms with van der Waals surface area (Å²) in [7, 11) is -3.99. The number of hydrogen-bond donors (Lipinski definition) is 0. The molecule has 9 heteroatoms. The number of imide groups is 1. The summed E-state index contributed by atoms with van der Waals surface area (Å²) in [5.74, 6) is -0.651. The van der Waals surface area contributed by atoms with Crippen LogP contribution in [0.4, 0.5) is 4.79 Å². The molecule has 3 aromatic carbocycles. The number of amides is 2. The first-order chi connectivity index (χ1) is 17.0. The van der Waals surface area contributed by atoms with Gasteiger partial charge in [0, 0.05) is 15.2 Å². The average molecular weight is 616 g/mol. The number of para-hydroxylation sites is 1. The van der Waals surface area contributed by atoms with Crippen molar-refractivity contribution in [3.8, 4) is 0 Å². The van der Waals surface area contributed by atoms with Crippen LogP contribution in [0.5, 0.6) is 0 Å². The molecule has 4 rings (SSSR count). The van der Waals surface area contributed by atoms with Crippen molar-refractivity contribution in [3.05, 3.63) is 99.8 Å². The van der Waals surface area contributed by atoms with Crippen molar-refractivity contribution < 1.29 is 22.7 Å². The molecule has 0 aliphatic heterocycles. The van der Waals surface area contributed by atoms with Gasteiger partial charge in [0.2, 0.25) is 0 Å². The Morgan fingerprint density at radius 2 is 1.53 bits per heavy atom. The van der Waals surface area contributed by atoms with Gasteiger partial charge in [-0.05, 0) is 73.2 Å². The molecule has 0 saturated heterocycles. The fraction of sp³-hybridized carbons (Fsp3) is 0.185. The van der Waals surface area contributed by atoms with Gasteiger partial charge < -0.3 is 4.74 Å². The van der Waals surface area contributed by atoms with Gasteiger partial charge in [0.1, 0.15) is 5.60 Å². The number of rotatable bonds is 5. The fourth-order valence-electron chi connectivity index (χ4n) is 3.70. The summed E-state index contributed by atoms with van der Waals surface area (Å²) in [5, 5.41) is 0.415. The Bertz CT molecular complexity index is 1540. The molecule has 4 aromatic rings. The molecule has 36 heavy (non-hydrogen) atoms. The number of carbonyl (C=O) groups is 2. The molecule has 0 unspecified atom stereocenters. The summed E-state index contributed by atoms with van der Waals surface area (Å²) < 4.78 is 34.4. The maximum absolute atomic E-state index is 13.9. The van der Waals surface area contributed by atoms with Crippen molar-refractivity contribution in [2.75, 3.05) is 0 Å². The molecule has 0 atom stereocenters. The summed E-state index contributed by atoms with van der Waals surface area (Å²) in [4.78, 5) is 28.2. The smallest absolute Gasteiger partial charge is 0.417 e. The Morgan fingerprint density at radius 1 is 0.917 bits per heavy atom. The third-order valence-corrected chi connectivity index (χ3v) is 8.09. The van der Waals surface area contributed by atoms with E-state index in [4.69, 9.17) is 4.74 Å². The summed E-state index contributed by atoms with van der Waals surface area (Å²) in [6.07, 6.45) is 0.470. The lowest BCUT2D eigenvalue weighted by atomic mass is 10.1. The standard InChI is InChI=1S/C27H25IN2O5S/c1-27(2,3)35-26(32)29(17-19-11-7-9-15-23(19)28)25(31)22-18-30(24-16-10-8-14-21(22)24)36(33,34)20-12-5-4-6-13-20/h4-16,18H,17H2,1-3H3. The van der Waals surface area contributed by atoms with E-state index in [9.17, 15) is 18.0 Å². The van der Waals surface area contributed by atoms with Crippen LogP contribution in [0.15, 0.2) is 90.0 Å². The number of halogens is 1. The van der Waals surface area contributed by atoms with Gasteiger partial charge in [-0.3, -0.25) is 4.79 Å². The van der Waals surface area contributed by atoms with Crippen LogP contribution in [0.3, 0.4) is 0 Å². The van der Waals surface area contributed by atoms with E-state index >= 15 is 0 Å². The van der Waals surface area contributed by atoms with Crippen LogP contribution in [-0.2, 0) is 21.3 Å². The molecule has 1 aromatic heterocycles. The Morgan fingerprint density at radius 3 is 2.19 bits per heavy atom. The Kier molecular flexibility index (Phi) is 7.24. The maximum Gasteiger partial charge on any atom is 0.417 e. The van der Waals surface area contributed by atoms with E-state index in [0.717, 1.165) is 18.0 Å². The fourth-order valence-corrected chi connectivity index (χ4v) is 5.65. The molecular formula is C27H25IN2O5S. The van der Waals surface area contributed by atoms with E-state index in [2.05, 4.69) is 22.6 Å². The molecule has 2 amide bonds. The van der Waals surface area contributed by atoms with Crippen molar-refractivity contribution in [2.45, 2.75) is 37.8 Å². The van der Waals surface area contributed by atoms with E-state index in [1.54, 1.807) is 63.2 Å². The highest BCUT2D eigenvalue weighted by molar-refractivity contribution is 14.1. The molecule has 0 N–H and O–H groups in total. The van der Waals surface area contributed by atoms with Crippen LogP contribution >= 0.6 is 22.6 Å². The second-order valence-electron chi connectivity index (χ2n) is 9.14. The van der Waals surface area contributed by atoms with Crippen LogP contribution in [0, 0.1) is 3.57 Å². The minimum atomic E-state index is -3.99. The van der Waals surface area contributed by atoms with Crippen molar-refractivity contribution in [1.82, 2.24) is 8.87 Å². The van der Waals surface area contributed by atoms with Crippen LogP contribution in [-0.4, -0.2) is 34.9 Å². The largest absolute Gasteiger partial charge is 0.443 e. The van der Waals surface area contributed by atoms with Gasteiger partial charge in [0.05, 0.1) is 22.5 Å². The number of fused-ring (bicyclic) bond motifs is 1. The minimum absolute atomic E-state index is 0.0300. The number of carbonyl (C=O) groups excluding carboxylic acids is 2. The van der Waals surface area contributed by atoms with Gasteiger partial charge in [-0.25, -0.2) is 22.1 Å². The van der Waals surface area contributed by atoms with Gasteiger partial charge in [0.15, 0.2) is 0 Å².